The summed E-state index contributed by atoms with van der Waals surface area (Å²) in [4.78, 5) is 0. The Morgan fingerprint density at radius 1 is 0.929 bits per heavy atom. The number of hydrogen-bond donors (Lipinski definition) is 0. The third-order valence-electron chi connectivity index (χ3n) is 6.88. The Morgan fingerprint density at radius 2 is 1.61 bits per heavy atom. The predicted octanol–water partition coefficient (Wildman–Crippen LogP) is 7.49. The van der Waals surface area contributed by atoms with Gasteiger partial charge in [-0.05, 0) is 56.4 Å². The van der Waals surface area contributed by atoms with E-state index < -0.39 is 23.5 Å². The second-order valence-corrected chi connectivity index (χ2v) is 8.64. The van der Waals surface area contributed by atoms with Gasteiger partial charge in [-0.1, -0.05) is 38.7 Å². The first-order valence-corrected chi connectivity index (χ1v) is 10.9. The molecule has 2 atom stereocenters. The number of ether oxygens (including phenoxy) is 1. The monoisotopic (exact) mass is 400 g/mol. The SMILES string of the molecule is CCCC1CCC([C@H]2CC[C@H](c3ccc(OCC)c(F)c3F)C(F)(F)C2)CC1. The molecule has 0 aliphatic heterocycles. The van der Waals surface area contributed by atoms with Crippen molar-refractivity contribution < 1.29 is 22.3 Å². The summed E-state index contributed by atoms with van der Waals surface area (Å²) in [7, 11) is 0. The molecule has 0 N–H and O–H groups in total. The van der Waals surface area contributed by atoms with Crippen molar-refractivity contribution in [3.63, 3.8) is 0 Å². The lowest BCUT2D eigenvalue weighted by atomic mass is 9.66. The van der Waals surface area contributed by atoms with Crippen LogP contribution in [0.5, 0.6) is 5.75 Å². The van der Waals surface area contributed by atoms with Gasteiger partial charge in [-0.15, -0.1) is 0 Å². The van der Waals surface area contributed by atoms with E-state index in [1.54, 1.807) is 6.92 Å². The van der Waals surface area contributed by atoms with Crippen LogP contribution in [0.3, 0.4) is 0 Å². The molecule has 0 amide bonds. The lowest BCUT2D eigenvalue weighted by Gasteiger charge is -2.41. The molecule has 3 rings (SSSR count). The molecule has 2 aliphatic carbocycles. The fourth-order valence-electron chi connectivity index (χ4n) is 5.41. The molecule has 1 aromatic carbocycles. The molecule has 0 unspecified atom stereocenters. The predicted molar refractivity (Wildman–Crippen MR) is 103 cm³/mol. The molecule has 158 valence electrons. The van der Waals surface area contributed by atoms with Crippen LogP contribution in [0.15, 0.2) is 12.1 Å². The zero-order valence-corrected chi connectivity index (χ0v) is 17.0. The van der Waals surface area contributed by atoms with Crippen LogP contribution in [0.25, 0.3) is 0 Å². The summed E-state index contributed by atoms with van der Waals surface area (Å²) in [6.45, 7) is 4.05. The van der Waals surface area contributed by atoms with Gasteiger partial charge in [0.1, 0.15) is 0 Å². The van der Waals surface area contributed by atoms with E-state index in [9.17, 15) is 17.6 Å². The van der Waals surface area contributed by atoms with Gasteiger partial charge in [0.2, 0.25) is 5.82 Å². The lowest BCUT2D eigenvalue weighted by molar-refractivity contribution is -0.0854. The Labute approximate surface area is 165 Å². The van der Waals surface area contributed by atoms with Crippen molar-refractivity contribution in [2.45, 2.75) is 83.5 Å². The van der Waals surface area contributed by atoms with Crippen LogP contribution in [-0.2, 0) is 0 Å². The molecule has 5 heteroatoms. The van der Waals surface area contributed by atoms with Crippen molar-refractivity contribution in [2.75, 3.05) is 6.61 Å². The van der Waals surface area contributed by atoms with Crippen LogP contribution in [0, 0.1) is 29.4 Å². The Kier molecular flexibility index (Phi) is 6.93. The summed E-state index contributed by atoms with van der Waals surface area (Å²) in [6.07, 6.45) is 7.42. The molecule has 0 saturated heterocycles. The Hall–Kier alpha value is -1.26. The average molecular weight is 401 g/mol. The number of alkyl halides is 2. The van der Waals surface area contributed by atoms with Gasteiger partial charge in [0.05, 0.1) is 12.5 Å². The van der Waals surface area contributed by atoms with E-state index in [1.807, 2.05) is 0 Å². The molecular weight excluding hydrogens is 368 g/mol. The summed E-state index contributed by atoms with van der Waals surface area (Å²) >= 11 is 0. The second kappa shape index (κ2) is 9.04. The standard InChI is InChI=1S/C23H32F4O/c1-3-5-15-6-8-16(9-7-15)17-10-12-19(23(26,27)14-17)18-11-13-20(28-4-2)22(25)21(18)24/h11,13,15-17,19H,3-10,12,14H2,1-2H3/t15?,16?,17-,19+/m0/s1. The van der Waals surface area contributed by atoms with Crippen LogP contribution >= 0.6 is 0 Å². The highest BCUT2D eigenvalue weighted by atomic mass is 19.3. The van der Waals surface area contributed by atoms with Gasteiger partial charge in [0.15, 0.2) is 11.6 Å². The van der Waals surface area contributed by atoms with Crippen molar-refractivity contribution in [3.05, 3.63) is 29.3 Å². The van der Waals surface area contributed by atoms with Crippen molar-refractivity contribution in [2.24, 2.45) is 17.8 Å². The molecule has 1 aromatic rings. The normalized spacial score (nSPS) is 30.2. The molecular formula is C23H32F4O. The van der Waals surface area contributed by atoms with Crippen molar-refractivity contribution in [1.82, 2.24) is 0 Å². The van der Waals surface area contributed by atoms with E-state index in [0.29, 0.717) is 12.3 Å². The van der Waals surface area contributed by atoms with Crippen LogP contribution in [0.2, 0.25) is 0 Å². The largest absolute Gasteiger partial charge is 0.491 e. The highest BCUT2D eigenvalue weighted by molar-refractivity contribution is 5.34. The molecule has 0 bridgehead atoms. The van der Waals surface area contributed by atoms with Gasteiger partial charge < -0.3 is 4.74 Å². The minimum Gasteiger partial charge on any atom is -0.491 e. The maximum Gasteiger partial charge on any atom is 0.255 e. The first-order valence-electron chi connectivity index (χ1n) is 10.9. The molecule has 0 radical (unpaired) electrons. The van der Waals surface area contributed by atoms with Gasteiger partial charge in [-0.3, -0.25) is 0 Å². The molecule has 0 heterocycles. The first kappa shape index (κ1) is 21.4. The third kappa shape index (κ3) is 4.49. The van der Waals surface area contributed by atoms with Gasteiger partial charge in [-0.2, -0.15) is 4.39 Å². The van der Waals surface area contributed by atoms with Crippen molar-refractivity contribution in [1.29, 1.82) is 0 Å². The van der Waals surface area contributed by atoms with E-state index in [-0.39, 0.29) is 36.7 Å². The Balaban J connectivity index is 1.68. The minimum atomic E-state index is -3.01. The Bertz CT molecular complexity index is 652. The zero-order valence-electron chi connectivity index (χ0n) is 17.0. The smallest absolute Gasteiger partial charge is 0.255 e. The molecule has 0 spiro atoms. The van der Waals surface area contributed by atoms with Crippen LogP contribution in [-0.4, -0.2) is 12.5 Å². The van der Waals surface area contributed by atoms with E-state index in [0.717, 1.165) is 31.6 Å². The highest BCUT2D eigenvalue weighted by Crippen LogP contribution is 2.52. The summed E-state index contributed by atoms with van der Waals surface area (Å²) in [5.41, 5.74) is -0.212. The number of benzene rings is 1. The highest BCUT2D eigenvalue weighted by Gasteiger charge is 2.48. The topological polar surface area (TPSA) is 9.23 Å². The fraction of sp³-hybridized carbons (Fsp3) is 0.739. The van der Waals surface area contributed by atoms with Crippen molar-refractivity contribution in [3.8, 4) is 5.75 Å². The number of halogens is 4. The molecule has 0 aromatic heterocycles. The summed E-state index contributed by atoms with van der Waals surface area (Å²) < 4.78 is 63.7. The third-order valence-corrected chi connectivity index (χ3v) is 6.88. The fourth-order valence-corrected chi connectivity index (χ4v) is 5.41. The Morgan fingerprint density at radius 3 is 2.21 bits per heavy atom. The summed E-state index contributed by atoms with van der Waals surface area (Å²) in [5.74, 6) is -5.75. The zero-order chi connectivity index (χ0) is 20.3. The molecule has 2 aliphatic rings. The molecule has 1 nitrogen and oxygen atoms in total. The first-order chi connectivity index (χ1) is 13.4. The quantitative estimate of drug-likeness (QED) is 0.450. The van der Waals surface area contributed by atoms with E-state index in [4.69, 9.17) is 4.74 Å². The van der Waals surface area contributed by atoms with E-state index >= 15 is 0 Å². The van der Waals surface area contributed by atoms with Gasteiger partial charge >= 0.3 is 0 Å². The van der Waals surface area contributed by atoms with Gasteiger partial charge in [0.25, 0.3) is 5.92 Å². The van der Waals surface area contributed by atoms with Crippen LogP contribution in [0.4, 0.5) is 17.6 Å². The van der Waals surface area contributed by atoms with E-state index in [1.165, 1.54) is 25.0 Å². The van der Waals surface area contributed by atoms with Gasteiger partial charge in [0, 0.05) is 12.0 Å². The minimum absolute atomic E-state index is 0.00978. The summed E-state index contributed by atoms with van der Waals surface area (Å²) in [5, 5.41) is 0. The molecule has 2 saturated carbocycles. The molecule has 2 fully saturated rings. The second-order valence-electron chi connectivity index (χ2n) is 8.64. The maximum absolute atomic E-state index is 15.0. The summed E-state index contributed by atoms with van der Waals surface area (Å²) in [6, 6.07) is 2.55. The van der Waals surface area contributed by atoms with Gasteiger partial charge in [-0.25, -0.2) is 13.2 Å². The number of rotatable bonds is 6. The van der Waals surface area contributed by atoms with E-state index in [2.05, 4.69) is 6.92 Å². The lowest BCUT2D eigenvalue weighted by Crippen LogP contribution is -2.38. The maximum atomic E-state index is 15.0. The number of hydrogen-bond acceptors (Lipinski definition) is 1. The average Bonchev–Trinajstić information content (AvgIpc) is 2.67. The van der Waals surface area contributed by atoms with Crippen LogP contribution in [0.1, 0.15) is 83.1 Å². The molecule has 28 heavy (non-hydrogen) atoms. The van der Waals surface area contributed by atoms with Crippen molar-refractivity contribution >= 4 is 0 Å². The van der Waals surface area contributed by atoms with Crippen LogP contribution < -0.4 is 4.74 Å².